The summed E-state index contributed by atoms with van der Waals surface area (Å²) in [5.74, 6) is -0.0101. The van der Waals surface area contributed by atoms with Gasteiger partial charge in [-0.05, 0) is 90.0 Å². The Morgan fingerprint density at radius 2 is 1.73 bits per heavy atom. The number of fused-ring (bicyclic) bond motifs is 2. The highest BCUT2D eigenvalue weighted by atomic mass is 16.4. The lowest BCUT2D eigenvalue weighted by atomic mass is 9.93. The topological polar surface area (TPSA) is 152 Å². The summed E-state index contributed by atoms with van der Waals surface area (Å²) in [6, 6.07) is 22.3. The van der Waals surface area contributed by atoms with Crippen molar-refractivity contribution in [3.05, 3.63) is 101 Å². The van der Waals surface area contributed by atoms with Gasteiger partial charge in [-0.3, -0.25) is 19.6 Å². The molecule has 5 heterocycles. The van der Waals surface area contributed by atoms with Crippen molar-refractivity contribution < 1.29 is 19.4 Å². The molecule has 2 fully saturated rings. The van der Waals surface area contributed by atoms with Gasteiger partial charge in [0.1, 0.15) is 17.1 Å². The van der Waals surface area contributed by atoms with Gasteiger partial charge in [0.25, 0.3) is 0 Å². The number of carbonyl (C=O) groups is 1. The number of aliphatic hydroxyl groups excluding tert-OH is 1. The van der Waals surface area contributed by atoms with E-state index in [4.69, 9.17) is 14.4 Å². The zero-order valence-electron chi connectivity index (χ0n) is 28.4. The highest BCUT2D eigenvalue weighted by Crippen LogP contribution is 2.38. The molecule has 0 saturated carbocycles. The van der Waals surface area contributed by atoms with Crippen molar-refractivity contribution in [1.29, 1.82) is 5.26 Å². The zero-order valence-corrected chi connectivity index (χ0v) is 28.4. The summed E-state index contributed by atoms with van der Waals surface area (Å²) in [4.78, 5) is 29.8. The van der Waals surface area contributed by atoms with Crippen molar-refractivity contribution in [2.75, 3.05) is 31.5 Å². The molecule has 0 bridgehead atoms. The van der Waals surface area contributed by atoms with Crippen LogP contribution in [-0.4, -0.2) is 73.2 Å². The summed E-state index contributed by atoms with van der Waals surface area (Å²) in [5.41, 5.74) is 10.1. The van der Waals surface area contributed by atoms with Gasteiger partial charge in [0.05, 0.1) is 17.6 Å². The third kappa shape index (κ3) is 6.30. The minimum atomic E-state index is -0.777. The molecule has 1 atom stereocenters. The number of nitriles is 1. The van der Waals surface area contributed by atoms with Crippen molar-refractivity contribution in [1.82, 2.24) is 24.8 Å². The van der Waals surface area contributed by atoms with E-state index >= 15 is 0 Å². The monoisotopic (exact) mass is 679 g/mol. The second-order valence-electron chi connectivity index (χ2n) is 13.7. The number of nitrogens with zero attached hydrogens (tertiary/aromatic N) is 6. The van der Waals surface area contributed by atoms with Crippen molar-refractivity contribution in [2.45, 2.75) is 39.5 Å². The number of hydrogen-bond acceptors (Lipinski definition) is 10. The standard InChI is InChI=1S/C40H37N7O4/c1-23-31(5-3-7-33(23)39-45-35-15-25(13-28(16-41)37(35)51-39)18-47-20-29(21-47)40(49)50)32-6-4-8-34(24(32)2)44-38-36-27(9-11-42-38)14-26(17-43-36)19-46-12-10-30(48)22-46/h3-9,11,13-15,17,29-30,48H,10,12,18-22H2,1-2H3,(H,42,44)(H,49,50)/t30-/m1/s1. The Morgan fingerprint density at radius 3 is 2.49 bits per heavy atom. The highest BCUT2D eigenvalue weighted by Gasteiger charge is 2.32. The lowest BCUT2D eigenvalue weighted by Gasteiger charge is -2.36. The summed E-state index contributed by atoms with van der Waals surface area (Å²) < 4.78 is 6.25. The number of aliphatic carboxylic acids is 1. The maximum absolute atomic E-state index is 11.2. The van der Waals surface area contributed by atoms with Crippen LogP contribution in [0.25, 0.3) is 44.6 Å². The number of benzene rings is 3. The number of likely N-dealkylation sites (tertiary alicyclic amines) is 2. The fourth-order valence-corrected chi connectivity index (χ4v) is 7.34. The Labute approximate surface area is 294 Å². The average molecular weight is 680 g/mol. The minimum Gasteiger partial charge on any atom is -0.481 e. The quantitative estimate of drug-likeness (QED) is 0.155. The second kappa shape index (κ2) is 13.2. The number of anilines is 2. The van der Waals surface area contributed by atoms with Gasteiger partial charge in [0, 0.05) is 68.3 Å². The number of pyridine rings is 2. The number of aliphatic hydroxyl groups is 1. The fraction of sp³-hybridized carbons (Fsp3) is 0.275. The van der Waals surface area contributed by atoms with E-state index in [9.17, 15) is 20.3 Å². The molecule has 8 rings (SSSR count). The number of β-amino-alcohol motifs (C(OH)–C–C–N with tert-alkyl or cyclic N) is 1. The highest BCUT2D eigenvalue weighted by molar-refractivity contribution is 5.91. The molecular formula is C40H37N7O4. The Bertz CT molecular complexity index is 2360. The summed E-state index contributed by atoms with van der Waals surface area (Å²) in [6.45, 7) is 7.99. The summed E-state index contributed by atoms with van der Waals surface area (Å²) in [7, 11) is 0. The molecule has 3 aromatic carbocycles. The third-order valence-corrected chi connectivity index (χ3v) is 10.1. The van der Waals surface area contributed by atoms with E-state index in [0.717, 1.165) is 75.0 Å². The number of oxazole rings is 1. The number of aromatic nitrogens is 3. The molecule has 2 aliphatic heterocycles. The molecule has 0 aliphatic carbocycles. The van der Waals surface area contributed by atoms with Crippen LogP contribution in [0.3, 0.4) is 0 Å². The van der Waals surface area contributed by atoms with Gasteiger partial charge in [-0.2, -0.15) is 5.26 Å². The summed E-state index contributed by atoms with van der Waals surface area (Å²) in [5, 5.41) is 33.6. The fourth-order valence-electron chi connectivity index (χ4n) is 7.34. The molecule has 0 spiro atoms. The van der Waals surface area contributed by atoms with Crippen molar-refractivity contribution in [3.63, 3.8) is 0 Å². The van der Waals surface area contributed by atoms with Crippen LogP contribution in [0.1, 0.15) is 34.2 Å². The van der Waals surface area contributed by atoms with E-state index in [0.29, 0.717) is 54.6 Å². The average Bonchev–Trinajstić information content (AvgIpc) is 3.72. The maximum Gasteiger partial charge on any atom is 0.309 e. The summed E-state index contributed by atoms with van der Waals surface area (Å²) >= 11 is 0. The van der Waals surface area contributed by atoms with E-state index in [2.05, 4.69) is 53.3 Å². The minimum absolute atomic E-state index is 0.254. The Hall–Kier alpha value is -5.67. The third-order valence-electron chi connectivity index (χ3n) is 10.1. The van der Waals surface area contributed by atoms with E-state index < -0.39 is 5.97 Å². The number of carboxylic acids is 1. The molecule has 11 heteroatoms. The Morgan fingerprint density at radius 1 is 0.961 bits per heavy atom. The lowest BCUT2D eigenvalue weighted by Crippen LogP contribution is -2.49. The molecule has 2 aliphatic rings. The van der Waals surface area contributed by atoms with Crippen LogP contribution in [0.15, 0.2) is 77.5 Å². The number of carboxylic acid groups (broad SMARTS) is 1. The van der Waals surface area contributed by atoms with Crippen molar-refractivity contribution in [2.24, 2.45) is 5.92 Å². The smallest absolute Gasteiger partial charge is 0.309 e. The molecule has 51 heavy (non-hydrogen) atoms. The van der Waals surface area contributed by atoms with Gasteiger partial charge in [0.15, 0.2) is 11.4 Å². The van der Waals surface area contributed by atoms with Crippen LogP contribution in [0.2, 0.25) is 0 Å². The van der Waals surface area contributed by atoms with E-state index in [1.807, 2.05) is 47.5 Å². The number of hydrogen-bond donors (Lipinski definition) is 3. The number of nitrogens with one attached hydrogen (secondary N) is 1. The van der Waals surface area contributed by atoms with E-state index in [-0.39, 0.29) is 12.0 Å². The molecule has 11 nitrogen and oxygen atoms in total. The van der Waals surface area contributed by atoms with Gasteiger partial charge in [-0.15, -0.1) is 0 Å². The first-order valence-electron chi connectivity index (χ1n) is 17.1. The van der Waals surface area contributed by atoms with Crippen molar-refractivity contribution in [3.8, 4) is 28.7 Å². The predicted octanol–water partition coefficient (Wildman–Crippen LogP) is 6.42. The first-order valence-corrected chi connectivity index (χ1v) is 17.1. The van der Waals surface area contributed by atoms with Gasteiger partial charge >= 0.3 is 5.97 Å². The molecule has 0 amide bonds. The largest absolute Gasteiger partial charge is 0.481 e. The Balaban J connectivity index is 1.07. The van der Waals surface area contributed by atoms with Gasteiger partial charge in [0.2, 0.25) is 5.89 Å². The van der Waals surface area contributed by atoms with E-state index in [1.54, 1.807) is 12.3 Å². The first kappa shape index (κ1) is 32.5. The SMILES string of the molecule is Cc1c(Nc2nccc3cc(CN4CC[C@@H](O)C4)cnc23)cccc1-c1cccc(-c2nc3cc(CN4CC(C(=O)O)C4)cc(C#N)c3o2)c1C. The molecule has 0 unspecified atom stereocenters. The molecule has 256 valence electrons. The molecule has 3 aromatic heterocycles. The van der Waals surface area contributed by atoms with Crippen LogP contribution in [0.4, 0.5) is 11.5 Å². The molecular weight excluding hydrogens is 642 g/mol. The maximum atomic E-state index is 11.2. The van der Waals surface area contributed by atoms with Gasteiger partial charge in [-0.25, -0.2) is 9.97 Å². The molecule has 3 N–H and O–H groups in total. The van der Waals surface area contributed by atoms with Crippen LogP contribution < -0.4 is 5.32 Å². The van der Waals surface area contributed by atoms with Crippen LogP contribution in [-0.2, 0) is 17.9 Å². The van der Waals surface area contributed by atoms with Crippen LogP contribution in [0, 0.1) is 31.1 Å². The van der Waals surface area contributed by atoms with Crippen LogP contribution in [0.5, 0.6) is 0 Å². The number of rotatable bonds is 9. The predicted molar refractivity (Wildman–Crippen MR) is 194 cm³/mol. The van der Waals surface area contributed by atoms with Crippen molar-refractivity contribution >= 4 is 39.5 Å². The second-order valence-corrected chi connectivity index (χ2v) is 13.7. The first-order chi connectivity index (χ1) is 24.7. The van der Waals surface area contributed by atoms with Gasteiger partial charge in [-0.1, -0.05) is 24.3 Å². The normalized spacial score (nSPS) is 16.8. The molecule has 6 aromatic rings. The lowest BCUT2D eigenvalue weighted by molar-refractivity contribution is -0.147. The van der Waals surface area contributed by atoms with Crippen LogP contribution >= 0.6 is 0 Å². The Kier molecular flexibility index (Phi) is 8.44. The summed E-state index contributed by atoms with van der Waals surface area (Å²) in [6.07, 6.45) is 4.24. The molecule has 0 radical (unpaired) electrons. The molecule has 2 saturated heterocycles. The van der Waals surface area contributed by atoms with Gasteiger partial charge < -0.3 is 19.9 Å². The van der Waals surface area contributed by atoms with E-state index in [1.165, 1.54) is 0 Å². The zero-order chi connectivity index (χ0) is 35.2.